The van der Waals surface area contributed by atoms with E-state index in [1.165, 1.54) is 6.07 Å². The van der Waals surface area contributed by atoms with Crippen molar-refractivity contribution in [2.75, 3.05) is 6.61 Å². The second-order valence-corrected chi connectivity index (χ2v) is 3.58. The van der Waals surface area contributed by atoms with Crippen LogP contribution in [0.5, 0.6) is 0 Å². The second kappa shape index (κ2) is 3.64. The molecule has 0 spiro atoms. The summed E-state index contributed by atoms with van der Waals surface area (Å²) in [5.41, 5.74) is 0.872. The Balaban J connectivity index is 2.05. The van der Waals surface area contributed by atoms with E-state index < -0.39 is 0 Å². The molecule has 1 aliphatic rings. The molecule has 0 saturated carbocycles. The molecule has 1 fully saturated rings. The van der Waals surface area contributed by atoms with Crippen LogP contribution in [0.4, 0.5) is 4.39 Å². The average Bonchev–Trinajstić information content (AvgIpc) is 2.91. The largest absolute Gasteiger partial charge is 0.373 e. The molecule has 0 aromatic heterocycles. The molecule has 3 heteroatoms. The van der Waals surface area contributed by atoms with Crippen molar-refractivity contribution in [3.63, 3.8) is 0 Å². The van der Waals surface area contributed by atoms with Crippen LogP contribution in [0.15, 0.2) is 18.2 Å². The summed E-state index contributed by atoms with van der Waals surface area (Å²) in [6, 6.07) is 4.91. The average molecular weight is 201 g/mol. The number of ether oxygens (including phenoxy) is 1. The fourth-order valence-electron chi connectivity index (χ4n) is 1.29. The van der Waals surface area contributed by atoms with Crippen molar-refractivity contribution >= 4 is 11.6 Å². The first kappa shape index (κ1) is 8.97. The maximum atomic E-state index is 13.0. The minimum Gasteiger partial charge on any atom is -0.373 e. The van der Waals surface area contributed by atoms with Gasteiger partial charge in [0.1, 0.15) is 5.82 Å². The van der Waals surface area contributed by atoms with Gasteiger partial charge in [-0.05, 0) is 24.5 Å². The van der Waals surface area contributed by atoms with Gasteiger partial charge in [0.25, 0.3) is 0 Å². The van der Waals surface area contributed by atoms with Crippen molar-refractivity contribution in [1.82, 2.24) is 0 Å². The summed E-state index contributed by atoms with van der Waals surface area (Å²) in [6.07, 6.45) is 2.10. The topological polar surface area (TPSA) is 12.5 Å². The lowest BCUT2D eigenvalue weighted by molar-refractivity contribution is 0.396. The molecule has 1 unspecified atom stereocenters. The number of hydrogen-bond donors (Lipinski definition) is 0. The molecule has 1 aromatic carbocycles. The zero-order chi connectivity index (χ0) is 9.26. The lowest BCUT2D eigenvalue weighted by Gasteiger charge is -2.02. The summed E-state index contributed by atoms with van der Waals surface area (Å²) >= 11 is 5.78. The highest BCUT2D eigenvalue weighted by molar-refractivity contribution is 6.31. The standard InChI is InChI=1S/C10H10ClFO/c11-10-7(2-1-3-9(10)12)4-5-8-6-13-8/h1-3,8H,4-6H2. The SMILES string of the molecule is Fc1cccc(CCC2CO2)c1Cl. The zero-order valence-electron chi connectivity index (χ0n) is 7.09. The molecular formula is C10H10ClFO. The van der Waals surface area contributed by atoms with Crippen LogP contribution in [-0.4, -0.2) is 12.7 Å². The lowest BCUT2D eigenvalue weighted by Crippen LogP contribution is -1.93. The van der Waals surface area contributed by atoms with Crippen molar-refractivity contribution in [1.29, 1.82) is 0 Å². The molecule has 1 saturated heterocycles. The molecule has 2 rings (SSSR count). The molecule has 1 aliphatic heterocycles. The van der Waals surface area contributed by atoms with E-state index in [0.29, 0.717) is 6.10 Å². The van der Waals surface area contributed by atoms with Crippen LogP contribution in [-0.2, 0) is 11.2 Å². The predicted molar refractivity (Wildman–Crippen MR) is 49.5 cm³/mol. The van der Waals surface area contributed by atoms with E-state index >= 15 is 0 Å². The fraction of sp³-hybridized carbons (Fsp3) is 0.400. The zero-order valence-corrected chi connectivity index (χ0v) is 7.85. The van der Waals surface area contributed by atoms with Crippen LogP contribution in [0.25, 0.3) is 0 Å². The van der Waals surface area contributed by atoms with Crippen LogP contribution in [0.2, 0.25) is 5.02 Å². The molecule has 0 bridgehead atoms. The van der Waals surface area contributed by atoms with Crippen molar-refractivity contribution in [3.05, 3.63) is 34.6 Å². The highest BCUT2D eigenvalue weighted by atomic mass is 35.5. The van der Waals surface area contributed by atoms with E-state index in [0.717, 1.165) is 25.0 Å². The Labute approximate surface area is 81.5 Å². The van der Waals surface area contributed by atoms with Crippen LogP contribution in [0, 0.1) is 5.82 Å². The Hall–Kier alpha value is -0.600. The molecular weight excluding hydrogens is 191 g/mol. The Kier molecular flexibility index (Phi) is 2.51. The first-order chi connectivity index (χ1) is 6.27. The molecule has 70 valence electrons. The summed E-state index contributed by atoms with van der Waals surface area (Å²) in [6.45, 7) is 0.840. The molecule has 0 radical (unpaired) electrons. The molecule has 1 nitrogen and oxygen atoms in total. The third-order valence-corrected chi connectivity index (χ3v) is 2.59. The van der Waals surface area contributed by atoms with Crippen LogP contribution >= 0.6 is 11.6 Å². The molecule has 0 N–H and O–H groups in total. The van der Waals surface area contributed by atoms with Crippen LogP contribution < -0.4 is 0 Å². The number of benzene rings is 1. The van der Waals surface area contributed by atoms with Gasteiger partial charge in [-0.2, -0.15) is 0 Å². The van der Waals surface area contributed by atoms with Gasteiger partial charge >= 0.3 is 0 Å². The van der Waals surface area contributed by atoms with E-state index in [4.69, 9.17) is 16.3 Å². The molecule has 1 aromatic rings. The number of halogens is 2. The minimum atomic E-state index is -0.337. The van der Waals surface area contributed by atoms with Crippen LogP contribution in [0.3, 0.4) is 0 Å². The maximum absolute atomic E-state index is 13.0. The molecule has 0 amide bonds. The molecule has 1 heterocycles. The van der Waals surface area contributed by atoms with E-state index in [-0.39, 0.29) is 10.8 Å². The molecule has 1 atom stereocenters. The van der Waals surface area contributed by atoms with Crippen LogP contribution in [0.1, 0.15) is 12.0 Å². The Morgan fingerprint density at radius 1 is 1.54 bits per heavy atom. The van der Waals surface area contributed by atoms with E-state index in [2.05, 4.69) is 0 Å². The summed E-state index contributed by atoms with van der Waals surface area (Å²) in [7, 11) is 0. The number of hydrogen-bond acceptors (Lipinski definition) is 1. The molecule has 0 aliphatic carbocycles. The summed E-state index contributed by atoms with van der Waals surface area (Å²) < 4.78 is 18.0. The summed E-state index contributed by atoms with van der Waals surface area (Å²) in [4.78, 5) is 0. The van der Waals surface area contributed by atoms with E-state index in [9.17, 15) is 4.39 Å². The normalized spacial score (nSPS) is 20.3. The predicted octanol–water partition coefficient (Wildman–Crippen LogP) is 2.81. The number of aryl methyl sites for hydroxylation is 1. The minimum absolute atomic E-state index is 0.253. The second-order valence-electron chi connectivity index (χ2n) is 3.21. The monoisotopic (exact) mass is 200 g/mol. The first-order valence-corrected chi connectivity index (χ1v) is 4.69. The van der Waals surface area contributed by atoms with Gasteiger partial charge in [0, 0.05) is 0 Å². The van der Waals surface area contributed by atoms with Crippen molar-refractivity contribution in [2.24, 2.45) is 0 Å². The summed E-state index contributed by atoms with van der Waals surface area (Å²) in [5.74, 6) is -0.337. The van der Waals surface area contributed by atoms with Crippen molar-refractivity contribution < 1.29 is 9.13 Å². The highest BCUT2D eigenvalue weighted by Gasteiger charge is 2.22. The van der Waals surface area contributed by atoms with Gasteiger partial charge in [-0.1, -0.05) is 23.7 Å². The van der Waals surface area contributed by atoms with Gasteiger partial charge in [-0.3, -0.25) is 0 Å². The Morgan fingerprint density at radius 3 is 3.00 bits per heavy atom. The van der Waals surface area contributed by atoms with Gasteiger partial charge in [-0.25, -0.2) is 4.39 Å². The lowest BCUT2D eigenvalue weighted by atomic mass is 10.1. The fourth-order valence-corrected chi connectivity index (χ4v) is 1.51. The van der Waals surface area contributed by atoms with Crippen molar-refractivity contribution in [2.45, 2.75) is 18.9 Å². The van der Waals surface area contributed by atoms with E-state index in [1.54, 1.807) is 6.07 Å². The third kappa shape index (κ3) is 2.20. The molecule has 13 heavy (non-hydrogen) atoms. The van der Waals surface area contributed by atoms with Gasteiger partial charge in [0.05, 0.1) is 17.7 Å². The first-order valence-electron chi connectivity index (χ1n) is 4.32. The smallest absolute Gasteiger partial charge is 0.142 e. The number of epoxide rings is 1. The van der Waals surface area contributed by atoms with Gasteiger partial charge in [0.15, 0.2) is 0 Å². The summed E-state index contributed by atoms with van der Waals surface area (Å²) in [5, 5.41) is 0.253. The quantitative estimate of drug-likeness (QED) is 0.684. The highest BCUT2D eigenvalue weighted by Crippen LogP contribution is 2.23. The van der Waals surface area contributed by atoms with Gasteiger partial charge in [-0.15, -0.1) is 0 Å². The van der Waals surface area contributed by atoms with Gasteiger partial charge in [0.2, 0.25) is 0 Å². The Bertz CT molecular complexity index is 310. The van der Waals surface area contributed by atoms with E-state index in [1.807, 2.05) is 6.07 Å². The van der Waals surface area contributed by atoms with Gasteiger partial charge < -0.3 is 4.74 Å². The Morgan fingerprint density at radius 2 is 2.31 bits per heavy atom. The third-order valence-electron chi connectivity index (χ3n) is 2.17. The van der Waals surface area contributed by atoms with Crippen molar-refractivity contribution in [3.8, 4) is 0 Å². The number of rotatable bonds is 3. The maximum Gasteiger partial charge on any atom is 0.142 e.